The number of carbonyl (C=O) groups is 1. The maximum atomic E-state index is 12.8. The Hall–Kier alpha value is -3.00. The number of nitrogens with one attached hydrogen (secondary N) is 1. The molecule has 1 N–H and O–H groups in total. The van der Waals surface area contributed by atoms with Crippen LogP contribution in [0.4, 0.5) is 4.39 Å². The van der Waals surface area contributed by atoms with E-state index in [-0.39, 0.29) is 18.1 Å². The molecule has 0 fully saturated rings. The zero-order valence-corrected chi connectivity index (χ0v) is 12.0. The van der Waals surface area contributed by atoms with Gasteiger partial charge in [0.25, 0.3) is 0 Å². The lowest BCUT2D eigenvalue weighted by molar-refractivity contribution is -0.120. The quantitative estimate of drug-likeness (QED) is 0.696. The number of hydrazone groups is 1. The number of nitriles is 1. The van der Waals surface area contributed by atoms with E-state index >= 15 is 0 Å². The molecule has 0 aliphatic heterocycles. The van der Waals surface area contributed by atoms with Crippen molar-refractivity contribution in [3.05, 3.63) is 71.0 Å². The van der Waals surface area contributed by atoms with Gasteiger partial charge in [-0.1, -0.05) is 24.3 Å². The molecule has 2 aromatic rings. The zero-order valence-electron chi connectivity index (χ0n) is 12.0. The van der Waals surface area contributed by atoms with Crippen molar-refractivity contribution >= 4 is 11.6 Å². The van der Waals surface area contributed by atoms with Crippen LogP contribution < -0.4 is 5.43 Å². The Labute approximate surface area is 127 Å². The Morgan fingerprint density at radius 2 is 1.82 bits per heavy atom. The lowest BCUT2D eigenvalue weighted by atomic mass is 10.1. The normalized spacial score (nSPS) is 10.9. The first-order chi connectivity index (χ1) is 10.6. The predicted octanol–water partition coefficient (Wildman–Crippen LogP) is 2.78. The number of rotatable bonds is 4. The summed E-state index contributed by atoms with van der Waals surface area (Å²) in [6.07, 6.45) is 0.129. The fraction of sp³-hybridized carbons (Fsp3) is 0.118. The molecular formula is C17H14FN3O. The van der Waals surface area contributed by atoms with Crippen LogP contribution in [0.5, 0.6) is 0 Å². The van der Waals surface area contributed by atoms with Crippen LogP contribution in [0.3, 0.4) is 0 Å². The minimum absolute atomic E-state index is 0.129. The van der Waals surface area contributed by atoms with Gasteiger partial charge in [0.15, 0.2) is 0 Å². The van der Waals surface area contributed by atoms with Crippen molar-refractivity contribution in [2.24, 2.45) is 5.10 Å². The van der Waals surface area contributed by atoms with Gasteiger partial charge in [-0.3, -0.25) is 4.79 Å². The summed E-state index contributed by atoms with van der Waals surface area (Å²) in [7, 11) is 0. The molecule has 0 aromatic heterocycles. The second-order valence-electron chi connectivity index (χ2n) is 4.72. The Kier molecular flexibility index (Phi) is 4.99. The van der Waals surface area contributed by atoms with Crippen molar-refractivity contribution in [1.82, 2.24) is 5.43 Å². The molecule has 0 bridgehead atoms. The van der Waals surface area contributed by atoms with Crippen molar-refractivity contribution in [1.29, 1.82) is 5.26 Å². The third kappa shape index (κ3) is 4.25. The highest BCUT2D eigenvalue weighted by Crippen LogP contribution is 2.05. The third-order valence-corrected chi connectivity index (χ3v) is 3.06. The Bertz CT molecular complexity index is 728. The van der Waals surface area contributed by atoms with Gasteiger partial charge in [0, 0.05) is 0 Å². The van der Waals surface area contributed by atoms with Crippen molar-refractivity contribution in [3.63, 3.8) is 0 Å². The second kappa shape index (κ2) is 7.14. The van der Waals surface area contributed by atoms with Gasteiger partial charge in [0.2, 0.25) is 5.91 Å². The SMILES string of the molecule is C/C(=N\NC(=O)Cc1ccc(F)cc1)c1ccc(C#N)cc1. The average Bonchev–Trinajstić information content (AvgIpc) is 2.55. The maximum Gasteiger partial charge on any atom is 0.244 e. The van der Waals surface area contributed by atoms with Crippen LogP contribution in [0.25, 0.3) is 0 Å². The molecule has 2 aromatic carbocycles. The number of amides is 1. The van der Waals surface area contributed by atoms with Crippen molar-refractivity contribution in [3.8, 4) is 6.07 Å². The van der Waals surface area contributed by atoms with Gasteiger partial charge in [-0.25, -0.2) is 9.82 Å². The molecule has 0 aliphatic rings. The lowest BCUT2D eigenvalue weighted by Gasteiger charge is -2.03. The third-order valence-electron chi connectivity index (χ3n) is 3.06. The summed E-state index contributed by atoms with van der Waals surface area (Å²) < 4.78 is 12.8. The van der Waals surface area contributed by atoms with Crippen LogP contribution >= 0.6 is 0 Å². The summed E-state index contributed by atoms with van der Waals surface area (Å²) in [5.74, 6) is -0.613. The molecule has 0 saturated heterocycles. The number of carbonyl (C=O) groups excluding carboxylic acids is 1. The highest BCUT2D eigenvalue weighted by molar-refractivity contribution is 5.99. The Morgan fingerprint density at radius 3 is 2.41 bits per heavy atom. The van der Waals surface area contributed by atoms with Crippen LogP contribution in [-0.4, -0.2) is 11.6 Å². The van der Waals surface area contributed by atoms with Gasteiger partial charge in [-0.05, 0) is 42.3 Å². The fourth-order valence-electron chi connectivity index (χ4n) is 1.82. The van der Waals surface area contributed by atoms with Crippen molar-refractivity contribution < 1.29 is 9.18 Å². The van der Waals surface area contributed by atoms with E-state index in [1.807, 2.05) is 6.07 Å². The van der Waals surface area contributed by atoms with Gasteiger partial charge in [0.05, 0.1) is 23.8 Å². The molecule has 4 nitrogen and oxygen atoms in total. The molecule has 0 atom stereocenters. The molecule has 1 amide bonds. The Morgan fingerprint density at radius 1 is 1.18 bits per heavy atom. The second-order valence-corrected chi connectivity index (χ2v) is 4.72. The van der Waals surface area contributed by atoms with E-state index in [4.69, 9.17) is 5.26 Å². The molecule has 0 spiro atoms. The molecule has 0 aliphatic carbocycles. The summed E-state index contributed by atoms with van der Waals surface area (Å²) in [4.78, 5) is 11.8. The first-order valence-electron chi connectivity index (χ1n) is 6.66. The highest BCUT2D eigenvalue weighted by Gasteiger charge is 2.04. The standard InChI is InChI=1S/C17H14FN3O/c1-12(15-6-2-14(11-19)3-7-15)20-21-17(22)10-13-4-8-16(18)9-5-13/h2-9H,10H2,1H3,(H,21,22)/b20-12+. The molecule has 110 valence electrons. The average molecular weight is 295 g/mol. The van der Waals surface area contributed by atoms with E-state index in [0.717, 1.165) is 5.56 Å². The molecule has 0 unspecified atom stereocenters. The summed E-state index contributed by atoms with van der Waals surface area (Å²) in [5.41, 5.74) is 5.20. The van der Waals surface area contributed by atoms with Gasteiger partial charge in [0.1, 0.15) is 5.82 Å². The van der Waals surface area contributed by atoms with E-state index in [1.165, 1.54) is 12.1 Å². The van der Waals surface area contributed by atoms with Crippen LogP contribution in [0.15, 0.2) is 53.6 Å². The van der Waals surface area contributed by atoms with Crippen LogP contribution in [0.2, 0.25) is 0 Å². The molecular weight excluding hydrogens is 281 g/mol. The highest BCUT2D eigenvalue weighted by atomic mass is 19.1. The van der Waals surface area contributed by atoms with E-state index in [2.05, 4.69) is 10.5 Å². The van der Waals surface area contributed by atoms with Gasteiger partial charge >= 0.3 is 0 Å². The smallest absolute Gasteiger partial charge is 0.244 e. The van der Waals surface area contributed by atoms with Crippen molar-refractivity contribution in [2.45, 2.75) is 13.3 Å². The molecule has 2 rings (SSSR count). The summed E-state index contributed by atoms with van der Waals surface area (Å²) in [6.45, 7) is 1.76. The number of benzene rings is 2. The van der Waals surface area contributed by atoms with Crippen molar-refractivity contribution in [2.75, 3.05) is 0 Å². The molecule has 5 heteroatoms. The Balaban J connectivity index is 1.96. The van der Waals surface area contributed by atoms with Gasteiger partial charge in [-0.2, -0.15) is 10.4 Å². The van der Waals surface area contributed by atoms with Crippen LogP contribution in [-0.2, 0) is 11.2 Å². The van der Waals surface area contributed by atoms with E-state index in [0.29, 0.717) is 16.8 Å². The van der Waals surface area contributed by atoms with E-state index in [1.54, 1.807) is 43.3 Å². The zero-order chi connectivity index (χ0) is 15.9. The number of hydrogen-bond donors (Lipinski definition) is 1. The number of hydrogen-bond acceptors (Lipinski definition) is 3. The maximum absolute atomic E-state index is 12.8. The molecule has 22 heavy (non-hydrogen) atoms. The van der Waals surface area contributed by atoms with Gasteiger partial charge < -0.3 is 0 Å². The summed E-state index contributed by atoms with van der Waals surface area (Å²) in [6, 6.07) is 14.7. The fourth-order valence-corrected chi connectivity index (χ4v) is 1.82. The minimum atomic E-state index is -0.334. The van der Waals surface area contributed by atoms with Crippen LogP contribution in [0, 0.1) is 17.1 Å². The monoisotopic (exact) mass is 295 g/mol. The molecule has 0 radical (unpaired) electrons. The van der Waals surface area contributed by atoms with Gasteiger partial charge in [-0.15, -0.1) is 0 Å². The number of nitrogens with zero attached hydrogens (tertiary/aromatic N) is 2. The number of halogens is 1. The molecule has 0 saturated carbocycles. The minimum Gasteiger partial charge on any atom is -0.273 e. The predicted molar refractivity (Wildman–Crippen MR) is 81.6 cm³/mol. The first-order valence-corrected chi connectivity index (χ1v) is 6.66. The van der Waals surface area contributed by atoms with Crippen LogP contribution in [0.1, 0.15) is 23.6 Å². The largest absolute Gasteiger partial charge is 0.273 e. The first kappa shape index (κ1) is 15.4. The topological polar surface area (TPSA) is 65.2 Å². The van der Waals surface area contributed by atoms with E-state index in [9.17, 15) is 9.18 Å². The van der Waals surface area contributed by atoms with E-state index < -0.39 is 0 Å². The lowest BCUT2D eigenvalue weighted by Crippen LogP contribution is -2.21. The summed E-state index contributed by atoms with van der Waals surface area (Å²) in [5, 5.41) is 12.8. The summed E-state index contributed by atoms with van der Waals surface area (Å²) >= 11 is 0. The molecule has 0 heterocycles.